The number of halogens is 3. The minimum absolute atomic E-state index is 0.00116. The van der Waals surface area contributed by atoms with Gasteiger partial charge in [-0.1, -0.05) is 0 Å². The van der Waals surface area contributed by atoms with Gasteiger partial charge in [0.1, 0.15) is 6.10 Å². The van der Waals surface area contributed by atoms with E-state index in [9.17, 15) is 22.8 Å². The van der Waals surface area contributed by atoms with E-state index in [2.05, 4.69) is 25.8 Å². The van der Waals surface area contributed by atoms with E-state index < -0.39 is 23.7 Å². The lowest BCUT2D eigenvalue weighted by molar-refractivity contribution is -0.137. The molecule has 0 bridgehead atoms. The van der Waals surface area contributed by atoms with Crippen LogP contribution in [0.5, 0.6) is 0 Å². The second-order valence-electron chi connectivity index (χ2n) is 7.81. The normalized spacial score (nSPS) is 18.8. The van der Waals surface area contributed by atoms with E-state index >= 15 is 0 Å². The van der Waals surface area contributed by atoms with Crippen LogP contribution in [0.3, 0.4) is 0 Å². The van der Waals surface area contributed by atoms with Crippen molar-refractivity contribution in [2.75, 3.05) is 5.32 Å². The molecule has 31 heavy (non-hydrogen) atoms. The third-order valence-electron chi connectivity index (χ3n) is 4.86. The van der Waals surface area contributed by atoms with E-state index in [1.807, 2.05) is 13.8 Å². The van der Waals surface area contributed by atoms with E-state index in [-0.39, 0.29) is 30.2 Å². The molecule has 8 nitrogen and oxygen atoms in total. The highest BCUT2D eigenvalue weighted by Gasteiger charge is 2.31. The van der Waals surface area contributed by atoms with E-state index in [0.717, 1.165) is 24.6 Å². The van der Waals surface area contributed by atoms with Crippen molar-refractivity contribution in [1.29, 1.82) is 0 Å². The van der Waals surface area contributed by atoms with Crippen molar-refractivity contribution in [3.05, 3.63) is 41.3 Å². The summed E-state index contributed by atoms with van der Waals surface area (Å²) in [5.41, 5.74) is 0.171. The first kappa shape index (κ1) is 22.6. The maximum absolute atomic E-state index is 12.6. The van der Waals surface area contributed by atoms with Crippen LogP contribution in [0.1, 0.15) is 56.0 Å². The van der Waals surface area contributed by atoms with Crippen LogP contribution in [0.2, 0.25) is 0 Å². The summed E-state index contributed by atoms with van der Waals surface area (Å²) in [6.45, 7) is 3.71. The van der Waals surface area contributed by atoms with Gasteiger partial charge < -0.3 is 15.4 Å². The van der Waals surface area contributed by atoms with Gasteiger partial charge in [0.05, 0.1) is 12.0 Å². The van der Waals surface area contributed by atoms with Crippen LogP contribution in [0.4, 0.5) is 23.8 Å². The average molecular weight is 439 g/mol. The van der Waals surface area contributed by atoms with Crippen molar-refractivity contribution in [3.63, 3.8) is 0 Å². The number of nitrogens with zero attached hydrogens (tertiary/aromatic N) is 2. The number of carbonyl (C=O) groups excluding carboxylic acids is 2. The Hall–Kier alpha value is -3.11. The first-order valence-electron chi connectivity index (χ1n) is 9.94. The second-order valence-corrected chi connectivity index (χ2v) is 7.81. The minimum atomic E-state index is -4.47. The Morgan fingerprint density at radius 1 is 1.29 bits per heavy atom. The Labute approximate surface area is 177 Å². The molecule has 0 spiro atoms. The molecule has 1 aliphatic rings. The summed E-state index contributed by atoms with van der Waals surface area (Å²) in [6, 6.07) is 3.77. The van der Waals surface area contributed by atoms with E-state index in [1.54, 1.807) is 6.07 Å². The maximum atomic E-state index is 12.6. The van der Waals surface area contributed by atoms with Crippen LogP contribution >= 0.6 is 0 Å². The molecule has 3 N–H and O–H groups in total. The highest BCUT2D eigenvalue weighted by Crippen LogP contribution is 2.35. The molecule has 1 fully saturated rings. The third-order valence-corrected chi connectivity index (χ3v) is 4.86. The van der Waals surface area contributed by atoms with Gasteiger partial charge in [-0.3, -0.25) is 14.9 Å². The fourth-order valence-corrected chi connectivity index (χ4v) is 3.41. The number of hydrogen-bond acceptors (Lipinski definition) is 5. The standard InChI is InChI=1S/C20H24F3N5O3/c1-11(2)25-19(30)31-15-6-3-12(7-15)16-9-17(28-27-16)26-18(29)8-14-5-4-13(10-24-14)20(21,22)23/h4-5,9-12,15H,3,6-8H2,1-2H3,(H,25,30)(H2,26,27,28,29)/t12-,15+/m0/s1. The molecular weight excluding hydrogens is 415 g/mol. The molecule has 2 aromatic rings. The van der Waals surface area contributed by atoms with Gasteiger partial charge in [-0.2, -0.15) is 18.3 Å². The number of aromatic nitrogens is 3. The molecule has 0 unspecified atom stereocenters. The summed E-state index contributed by atoms with van der Waals surface area (Å²) in [7, 11) is 0. The molecule has 0 aromatic carbocycles. The summed E-state index contributed by atoms with van der Waals surface area (Å²) in [4.78, 5) is 27.6. The van der Waals surface area contributed by atoms with Crippen LogP contribution < -0.4 is 10.6 Å². The average Bonchev–Trinajstić information content (AvgIpc) is 3.30. The SMILES string of the molecule is CC(C)NC(=O)O[C@@H]1CC[C@H](c2cc(NC(=O)Cc3ccc(C(F)(F)F)cn3)n[nH]2)C1. The summed E-state index contributed by atoms with van der Waals surface area (Å²) >= 11 is 0. The first-order chi connectivity index (χ1) is 14.6. The number of nitrogens with one attached hydrogen (secondary N) is 3. The molecule has 2 heterocycles. The highest BCUT2D eigenvalue weighted by molar-refractivity contribution is 5.91. The molecule has 168 valence electrons. The molecule has 0 saturated heterocycles. The van der Waals surface area contributed by atoms with Crippen LogP contribution in [0.15, 0.2) is 24.4 Å². The Balaban J connectivity index is 1.49. The molecule has 11 heteroatoms. The number of rotatable bonds is 6. The van der Waals surface area contributed by atoms with Crippen LogP contribution in [0, 0.1) is 0 Å². The quantitative estimate of drug-likeness (QED) is 0.635. The molecule has 1 saturated carbocycles. The zero-order valence-corrected chi connectivity index (χ0v) is 17.1. The maximum Gasteiger partial charge on any atom is 0.417 e. The zero-order chi connectivity index (χ0) is 22.6. The zero-order valence-electron chi connectivity index (χ0n) is 17.1. The van der Waals surface area contributed by atoms with Gasteiger partial charge in [-0.15, -0.1) is 0 Å². The molecule has 2 atom stereocenters. The number of amides is 2. The third kappa shape index (κ3) is 6.43. The summed E-state index contributed by atoms with van der Waals surface area (Å²) in [5, 5.41) is 12.2. The van der Waals surface area contributed by atoms with Crippen LogP contribution in [-0.2, 0) is 22.1 Å². The molecule has 0 aliphatic heterocycles. The van der Waals surface area contributed by atoms with E-state index in [1.165, 1.54) is 6.07 Å². The van der Waals surface area contributed by atoms with Crippen molar-refractivity contribution in [2.24, 2.45) is 0 Å². The van der Waals surface area contributed by atoms with E-state index in [0.29, 0.717) is 18.4 Å². The van der Waals surface area contributed by atoms with Gasteiger partial charge in [0, 0.05) is 35.6 Å². The van der Waals surface area contributed by atoms with Crippen molar-refractivity contribution in [2.45, 2.75) is 63.8 Å². The van der Waals surface area contributed by atoms with Crippen molar-refractivity contribution in [1.82, 2.24) is 20.5 Å². The van der Waals surface area contributed by atoms with Crippen molar-refractivity contribution >= 4 is 17.8 Å². The Morgan fingerprint density at radius 3 is 2.71 bits per heavy atom. The number of H-pyrrole nitrogens is 1. The number of anilines is 1. The molecule has 2 amide bonds. The van der Waals surface area contributed by atoms with Crippen LogP contribution in [-0.4, -0.2) is 39.3 Å². The molecule has 2 aromatic heterocycles. The van der Waals surface area contributed by atoms with Gasteiger partial charge in [0.2, 0.25) is 5.91 Å². The predicted octanol–water partition coefficient (Wildman–Crippen LogP) is 3.78. The lowest BCUT2D eigenvalue weighted by Crippen LogP contribution is -2.33. The molecule has 3 rings (SSSR count). The van der Waals surface area contributed by atoms with E-state index in [4.69, 9.17) is 4.74 Å². The lowest BCUT2D eigenvalue weighted by Gasteiger charge is -2.14. The van der Waals surface area contributed by atoms with Crippen molar-refractivity contribution < 1.29 is 27.5 Å². The Bertz CT molecular complexity index is 912. The Morgan fingerprint density at radius 2 is 2.06 bits per heavy atom. The number of ether oxygens (including phenoxy) is 1. The van der Waals surface area contributed by atoms with Crippen LogP contribution in [0.25, 0.3) is 0 Å². The number of alkyl carbamates (subject to hydrolysis) is 1. The monoisotopic (exact) mass is 439 g/mol. The topological polar surface area (TPSA) is 109 Å². The van der Waals surface area contributed by atoms with Gasteiger partial charge in [0.25, 0.3) is 0 Å². The first-order valence-corrected chi connectivity index (χ1v) is 9.94. The fourth-order valence-electron chi connectivity index (χ4n) is 3.41. The van der Waals surface area contributed by atoms with Gasteiger partial charge in [0.15, 0.2) is 5.82 Å². The van der Waals surface area contributed by atoms with Gasteiger partial charge in [-0.05, 0) is 45.2 Å². The largest absolute Gasteiger partial charge is 0.446 e. The smallest absolute Gasteiger partial charge is 0.417 e. The number of aromatic amines is 1. The predicted molar refractivity (Wildman–Crippen MR) is 105 cm³/mol. The molecular formula is C20H24F3N5O3. The number of carbonyl (C=O) groups is 2. The summed E-state index contributed by atoms with van der Waals surface area (Å²) < 4.78 is 43.1. The Kier molecular flexibility index (Phi) is 6.81. The second kappa shape index (κ2) is 9.36. The minimum Gasteiger partial charge on any atom is -0.446 e. The van der Waals surface area contributed by atoms with Crippen molar-refractivity contribution in [3.8, 4) is 0 Å². The van der Waals surface area contributed by atoms with Gasteiger partial charge in [-0.25, -0.2) is 4.79 Å². The molecule has 1 aliphatic carbocycles. The summed E-state index contributed by atoms with van der Waals surface area (Å²) in [5.74, 6) is -0.0105. The summed E-state index contributed by atoms with van der Waals surface area (Å²) in [6.07, 6.45) is -2.37. The number of alkyl halides is 3. The lowest BCUT2D eigenvalue weighted by atomic mass is 10.0. The highest BCUT2D eigenvalue weighted by atomic mass is 19.4. The van der Waals surface area contributed by atoms with Gasteiger partial charge >= 0.3 is 12.3 Å². The fraction of sp³-hybridized carbons (Fsp3) is 0.500. The number of hydrogen-bond donors (Lipinski definition) is 3. The molecule has 0 radical (unpaired) electrons. The number of pyridine rings is 1.